The molecule has 0 bridgehead atoms. The van der Waals surface area contributed by atoms with Crippen molar-refractivity contribution in [2.45, 2.75) is 0 Å². The third kappa shape index (κ3) is 5.05. The van der Waals surface area contributed by atoms with Gasteiger partial charge < -0.3 is 13.7 Å². The topological polar surface area (TPSA) is 29.5 Å². The van der Waals surface area contributed by atoms with Crippen LogP contribution in [0.3, 0.4) is 0 Å². The maximum Gasteiger partial charge on any atom is 0.143 e. The first-order valence-corrected chi connectivity index (χ1v) is 18.7. The monoisotopic (exact) mass is 703 g/mol. The van der Waals surface area contributed by atoms with Gasteiger partial charge in [0.2, 0.25) is 0 Å². The second-order valence-electron chi connectivity index (χ2n) is 14.0. The first-order valence-electron chi connectivity index (χ1n) is 18.7. The van der Waals surface area contributed by atoms with E-state index in [0.717, 1.165) is 105 Å². The molecule has 11 rings (SSSR count). The molecule has 3 nitrogen and oxygen atoms in total. The summed E-state index contributed by atoms with van der Waals surface area (Å²) in [4.78, 5) is 2.40. The molecule has 258 valence electrons. The molecule has 0 saturated heterocycles. The van der Waals surface area contributed by atoms with E-state index in [1.165, 1.54) is 0 Å². The van der Waals surface area contributed by atoms with E-state index in [-0.39, 0.29) is 0 Å². The maximum absolute atomic E-state index is 6.90. The third-order valence-electron chi connectivity index (χ3n) is 10.9. The Kier molecular flexibility index (Phi) is 7.17. The number of furan rings is 2. The molecule has 9 aromatic carbocycles. The molecule has 11 aromatic rings. The summed E-state index contributed by atoms with van der Waals surface area (Å²) in [6.07, 6.45) is 0. The van der Waals surface area contributed by atoms with E-state index in [4.69, 9.17) is 8.83 Å². The lowest BCUT2D eigenvalue weighted by atomic mass is 9.96. The van der Waals surface area contributed by atoms with E-state index < -0.39 is 0 Å². The molecule has 0 aliphatic rings. The highest BCUT2D eigenvalue weighted by Gasteiger charge is 2.23. The first kappa shape index (κ1) is 31.2. The molecular weight excluding hydrogens is 671 g/mol. The molecule has 0 unspecified atom stereocenters. The number of rotatable bonds is 6. The first-order chi connectivity index (χ1) is 27.3. The molecule has 0 radical (unpaired) electrons. The fourth-order valence-electron chi connectivity index (χ4n) is 8.36. The number of hydrogen-bond donors (Lipinski definition) is 0. The molecule has 0 fully saturated rings. The summed E-state index contributed by atoms with van der Waals surface area (Å²) in [5, 5.41) is 6.73. The van der Waals surface area contributed by atoms with Crippen molar-refractivity contribution < 1.29 is 8.83 Å². The van der Waals surface area contributed by atoms with E-state index in [0.29, 0.717) is 0 Å². The predicted molar refractivity (Wildman–Crippen MR) is 229 cm³/mol. The van der Waals surface area contributed by atoms with Gasteiger partial charge in [-0.25, -0.2) is 0 Å². The zero-order chi connectivity index (χ0) is 36.3. The standard InChI is InChI=1S/C52H33NO2/c1-2-15-34(16-3-1)38-20-6-9-28-47(38)53(37-19-12-18-36(33-37)40-24-13-26-44-42-23-8-11-30-49(42)54-50(40)44)48-29-10-7-22-41(48)43-25-14-27-45-46-32-31-35-17-4-5-21-39(35)51(46)55-52(43)45/h1-33H. The lowest BCUT2D eigenvalue weighted by molar-refractivity contribution is 0.670. The predicted octanol–water partition coefficient (Wildman–Crippen LogP) is 15.1. The zero-order valence-corrected chi connectivity index (χ0v) is 29.8. The average Bonchev–Trinajstić information content (AvgIpc) is 3.84. The summed E-state index contributed by atoms with van der Waals surface area (Å²) in [5.41, 5.74) is 13.2. The van der Waals surface area contributed by atoms with Crippen LogP contribution in [0.5, 0.6) is 0 Å². The van der Waals surface area contributed by atoms with Crippen LogP contribution in [0.15, 0.2) is 209 Å². The largest absolute Gasteiger partial charge is 0.455 e. The smallest absolute Gasteiger partial charge is 0.143 e. The molecule has 3 heteroatoms. The fraction of sp³-hybridized carbons (Fsp3) is 0. The van der Waals surface area contributed by atoms with Gasteiger partial charge >= 0.3 is 0 Å². The van der Waals surface area contributed by atoms with Crippen molar-refractivity contribution in [3.05, 3.63) is 200 Å². The number of benzene rings is 9. The van der Waals surface area contributed by atoms with Crippen LogP contribution in [-0.4, -0.2) is 0 Å². The molecule has 2 aromatic heterocycles. The van der Waals surface area contributed by atoms with Gasteiger partial charge in [0.05, 0.1) is 11.4 Å². The SMILES string of the molecule is c1ccc(-c2ccccc2N(c2cccc(-c3cccc4c3oc3ccccc34)c2)c2ccccc2-c2cccc3c2oc2c4ccccc4ccc32)cc1. The fourth-order valence-corrected chi connectivity index (χ4v) is 8.36. The summed E-state index contributed by atoms with van der Waals surface area (Å²) >= 11 is 0. The molecule has 0 aliphatic heterocycles. The second-order valence-corrected chi connectivity index (χ2v) is 14.0. The lowest BCUT2D eigenvalue weighted by Gasteiger charge is -2.30. The Labute approximate surface area is 317 Å². The normalized spacial score (nSPS) is 11.6. The van der Waals surface area contributed by atoms with E-state index in [9.17, 15) is 0 Å². The van der Waals surface area contributed by atoms with Crippen LogP contribution >= 0.6 is 0 Å². The van der Waals surface area contributed by atoms with Gasteiger partial charge in [0.25, 0.3) is 0 Å². The van der Waals surface area contributed by atoms with E-state index >= 15 is 0 Å². The average molecular weight is 704 g/mol. The van der Waals surface area contributed by atoms with Gasteiger partial charge in [0.15, 0.2) is 0 Å². The van der Waals surface area contributed by atoms with Gasteiger partial charge in [-0.1, -0.05) is 164 Å². The molecule has 0 N–H and O–H groups in total. The molecule has 0 spiro atoms. The summed E-state index contributed by atoms with van der Waals surface area (Å²) in [7, 11) is 0. The Balaban J connectivity index is 1.16. The molecular formula is C52H33NO2. The molecule has 0 saturated carbocycles. The van der Waals surface area contributed by atoms with Crippen molar-refractivity contribution in [1.82, 2.24) is 0 Å². The maximum atomic E-state index is 6.90. The van der Waals surface area contributed by atoms with Crippen molar-refractivity contribution in [1.29, 1.82) is 0 Å². The van der Waals surface area contributed by atoms with Crippen molar-refractivity contribution in [3.8, 4) is 33.4 Å². The van der Waals surface area contributed by atoms with Gasteiger partial charge in [0.1, 0.15) is 22.3 Å². The Hall–Kier alpha value is -7.36. The van der Waals surface area contributed by atoms with Crippen molar-refractivity contribution >= 4 is 71.7 Å². The van der Waals surface area contributed by atoms with E-state index in [1.54, 1.807) is 0 Å². The van der Waals surface area contributed by atoms with Gasteiger partial charge in [-0.2, -0.15) is 0 Å². The number of hydrogen-bond acceptors (Lipinski definition) is 3. The van der Waals surface area contributed by atoms with Crippen molar-refractivity contribution in [2.75, 3.05) is 4.90 Å². The molecule has 2 heterocycles. The second kappa shape index (κ2) is 12.6. The van der Waals surface area contributed by atoms with Crippen molar-refractivity contribution in [2.24, 2.45) is 0 Å². The van der Waals surface area contributed by atoms with Gasteiger partial charge in [-0.3, -0.25) is 0 Å². The third-order valence-corrected chi connectivity index (χ3v) is 10.9. The minimum atomic E-state index is 0.878. The van der Waals surface area contributed by atoms with Gasteiger partial charge in [0, 0.05) is 54.9 Å². The van der Waals surface area contributed by atoms with Crippen LogP contribution in [0.1, 0.15) is 0 Å². The van der Waals surface area contributed by atoms with Gasteiger partial charge in [-0.05, 0) is 52.9 Å². The van der Waals surface area contributed by atoms with E-state index in [2.05, 4.69) is 193 Å². The molecule has 55 heavy (non-hydrogen) atoms. The van der Waals surface area contributed by atoms with Crippen LogP contribution in [0.2, 0.25) is 0 Å². The van der Waals surface area contributed by atoms with Crippen LogP contribution < -0.4 is 4.90 Å². The molecule has 0 aliphatic carbocycles. The zero-order valence-electron chi connectivity index (χ0n) is 29.8. The van der Waals surface area contributed by atoms with Crippen molar-refractivity contribution in [3.63, 3.8) is 0 Å². The number of anilines is 3. The molecule has 0 atom stereocenters. The molecule has 0 amide bonds. The highest BCUT2D eigenvalue weighted by molar-refractivity contribution is 6.18. The Morgan fingerprint density at radius 2 is 0.873 bits per heavy atom. The Morgan fingerprint density at radius 3 is 1.73 bits per heavy atom. The quantitative estimate of drug-likeness (QED) is 0.173. The number of para-hydroxylation sites is 5. The summed E-state index contributed by atoms with van der Waals surface area (Å²) in [6, 6.07) is 70.8. The number of nitrogens with zero attached hydrogens (tertiary/aromatic N) is 1. The minimum Gasteiger partial charge on any atom is -0.455 e. The van der Waals surface area contributed by atoms with Crippen LogP contribution in [-0.2, 0) is 0 Å². The Morgan fingerprint density at radius 1 is 0.309 bits per heavy atom. The minimum absolute atomic E-state index is 0.878. The lowest BCUT2D eigenvalue weighted by Crippen LogP contribution is -2.12. The van der Waals surface area contributed by atoms with Crippen LogP contribution in [0.25, 0.3) is 88.0 Å². The highest BCUT2D eigenvalue weighted by Crippen LogP contribution is 2.48. The summed E-state index contributed by atoms with van der Waals surface area (Å²) < 4.78 is 13.4. The van der Waals surface area contributed by atoms with Gasteiger partial charge in [-0.15, -0.1) is 0 Å². The van der Waals surface area contributed by atoms with Crippen LogP contribution in [0, 0.1) is 0 Å². The number of fused-ring (bicyclic) bond motifs is 8. The summed E-state index contributed by atoms with van der Waals surface area (Å²) in [5.74, 6) is 0. The Bertz CT molecular complexity index is 3220. The summed E-state index contributed by atoms with van der Waals surface area (Å²) in [6.45, 7) is 0. The van der Waals surface area contributed by atoms with E-state index in [1.807, 2.05) is 12.1 Å². The van der Waals surface area contributed by atoms with Crippen LogP contribution in [0.4, 0.5) is 17.1 Å². The highest BCUT2D eigenvalue weighted by atomic mass is 16.3.